The van der Waals surface area contributed by atoms with Gasteiger partial charge in [0.25, 0.3) is 5.91 Å². The zero-order chi connectivity index (χ0) is 17.9. The molecule has 0 N–H and O–H groups in total. The van der Waals surface area contributed by atoms with Crippen molar-refractivity contribution in [1.29, 1.82) is 0 Å². The summed E-state index contributed by atoms with van der Waals surface area (Å²) < 4.78 is 28.1. The third-order valence-electron chi connectivity index (χ3n) is 6.70. The van der Waals surface area contributed by atoms with Crippen LogP contribution in [0.15, 0.2) is 4.99 Å². The molecule has 2 aliphatic carbocycles. The Hall–Kier alpha value is -0.210. The molecule has 0 aromatic rings. The van der Waals surface area contributed by atoms with Crippen molar-refractivity contribution in [2.75, 3.05) is 19.1 Å². The van der Waals surface area contributed by atoms with Crippen LogP contribution in [0.25, 0.3) is 0 Å². The Morgan fingerprint density at radius 2 is 1.92 bits per heavy atom. The largest absolute Gasteiger partial charge is 0.271 e. The van der Waals surface area contributed by atoms with Gasteiger partial charge >= 0.3 is 0 Å². The number of hydrogen-bond acceptors (Lipinski definition) is 6. The highest BCUT2D eigenvalue weighted by Gasteiger charge is 2.73. The van der Waals surface area contributed by atoms with E-state index in [2.05, 4.69) is 18.8 Å². The number of hydrogen-bond donors (Lipinski definition) is 0. The van der Waals surface area contributed by atoms with Gasteiger partial charge in [-0.2, -0.15) is 0 Å². The third-order valence-corrected chi connectivity index (χ3v) is 10.9. The molecule has 1 amide bonds. The molecule has 2 saturated carbocycles. The fraction of sp³-hybridized carbons (Fsp3) is 0.875. The molecule has 0 radical (unpaired) electrons. The van der Waals surface area contributed by atoms with Gasteiger partial charge in [-0.1, -0.05) is 13.8 Å². The van der Waals surface area contributed by atoms with E-state index < -0.39 is 16.1 Å². The summed E-state index contributed by atoms with van der Waals surface area (Å²) in [5.41, 5.74) is -0.284. The summed E-state index contributed by atoms with van der Waals surface area (Å²) in [4.78, 5) is 17.3. The lowest BCUT2D eigenvalue weighted by molar-refractivity contribution is -0.128. The molecule has 2 unspecified atom stereocenters. The fourth-order valence-electron chi connectivity index (χ4n) is 5.10. The summed E-state index contributed by atoms with van der Waals surface area (Å²) in [5, 5.41) is -0.389. The van der Waals surface area contributed by atoms with Gasteiger partial charge in [0.15, 0.2) is 0 Å². The summed E-state index contributed by atoms with van der Waals surface area (Å²) in [5.74, 6) is 0.0863. The molecule has 1 heterocycles. The lowest BCUT2D eigenvalue weighted by Gasteiger charge is -2.36. The Morgan fingerprint density at radius 3 is 2.42 bits per heavy atom. The number of aliphatic imine (C=N–C) groups is 1. The van der Waals surface area contributed by atoms with Gasteiger partial charge < -0.3 is 0 Å². The minimum Gasteiger partial charge on any atom is -0.271 e. The average Bonchev–Trinajstić information content (AvgIpc) is 3.03. The minimum absolute atomic E-state index is 0.0179. The van der Waals surface area contributed by atoms with Crippen LogP contribution >= 0.6 is 23.5 Å². The highest BCUT2D eigenvalue weighted by Crippen LogP contribution is 2.70. The second kappa shape index (κ2) is 5.91. The van der Waals surface area contributed by atoms with Crippen LogP contribution in [0.5, 0.6) is 0 Å². The zero-order valence-electron chi connectivity index (χ0n) is 14.9. The molecule has 1 aliphatic heterocycles. The first kappa shape index (κ1) is 18.6. The maximum atomic E-state index is 13.1. The molecule has 1 saturated heterocycles. The van der Waals surface area contributed by atoms with Crippen molar-refractivity contribution < 1.29 is 13.2 Å². The Balaban J connectivity index is 1.91. The number of sulfonamides is 1. The number of amides is 1. The summed E-state index contributed by atoms with van der Waals surface area (Å²) in [6.45, 7) is 6.42. The van der Waals surface area contributed by atoms with Crippen molar-refractivity contribution in [1.82, 2.24) is 4.31 Å². The molecule has 3 aliphatic rings. The first-order valence-electron chi connectivity index (χ1n) is 8.33. The quantitative estimate of drug-likeness (QED) is 0.536. The predicted molar refractivity (Wildman–Crippen MR) is 102 cm³/mol. The highest BCUT2D eigenvalue weighted by atomic mass is 32.2. The summed E-state index contributed by atoms with van der Waals surface area (Å²) in [7, 11) is -3.57. The van der Waals surface area contributed by atoms with Gasteiger partial charge in [0.2, 0.25) is 10.0 Å². The Bertz CT molecular complexity index is 683. The van der Waals surface area contributed by atoms with Crippen molar-refractivity contribution in [3.8, 4) is 0 Å². The SMILES string of the molecule is CSC(=N[C@@H](C)C(=O)N1CC23CCC(C[C@@H]2S1(=O)=O)C3(C)C)SC. The van der Waals surface area contributed by atoms with E-state index in [1.807, 2.05) is 12.5 Å². The zero-order valence-corrected chi connectivity index (χ0v) is 17.4. The maximum absolute atomic E-state index is 13.1. The molecule has 24 heavy (non-hydrogen) atoms. The Kier molecular flexibility index (Phi) is 4.57. The van der Waals surface area contributed by atoms with Crippen LogP contribution in [0.3, 0.4) is 0 Å². The number of nitrogens with zero attached hydrogens (tertiary/aromatic N) is 2. The van der Waals surface area contributed by atoms with Crippen LogP contribution in [-0.2, 0) is 14.8 Å². The number of carbonyl (C=O) groups is 1. The molecule has 1 spiro atoms. The number of thioether (sulfide) groups is 2. The Labute approximate surface area is 153 Å². The van der Waals surface area contributed by atoms with E-state index in [4.69, 9.17) is 0 Å². The summed E-state index contributed by atoms with van der Waals surface area (Å²) in [6, 6.07) is -0.662. The molecular weight excluding hydrogens is 364 g/mol. The van der Waals surface area contributed by atoms with E-state index in [1.54, 1.807) is 6.92 Å². The van der Waals surface area contributed by atoms with Crippen LogP contribution in [0, 0.1) is 16.7 Å². The molecule has 3 fully saturated rings. The van der Waals surface area contributed by atoms with Crippen molar-refractivity contribution in [3.63, 3.8) is 0 Å². The van der Waals surface area contributed by atoms with Crippen LogP contribution in [0.2, 0.25) is 0 Å². The first-order valence-corrected chi connectivity index (χ1v) is 12.3. The molecule has 136 valence electrons. The fourth-order valence-corrected chi connectivity index (χ4v) is 8.96. The van der Waals surface area contributed by atoms with Gasteiger partial charge in [0, 0.05) is 12.0 Å². The van der Waals surface area contributed by atoms with Gasteiger partial charge in [-0.05, 0) is 50.0 Å². The maximum Gasteiger partial charge on any atom is 0.260 e. The van der Waals surface area contributed by atoms with E-state index in [0.717, 1.165) is 21.5 Å². The normalized spacial score (nSPS) is 36.5. The minimum atomic E-state index is -3.57. The third kappa shape index (κ3) is 2.31. The molecule has 0 aromatic heterocycles. The second-order valence-electron chi connectivity index (χ2n) is 7.71. The van der Waals surface area contributed by atoms with Crippen molar-refractivity contribution in [2.45, 2.75) is 51.3 Å². The van der Waals surface area contributed by atoms with Crippen LogP contribution in [0.1, 0.15) is 40.0 Å². The lowest BCUT2D eigenvalue weighted by Crippen LogP contribution is -2.42. The molecule has 3 rings (SSSR count). The van der Waals surface area contributed by atoms with E-state index in [1.165, 1.54) is 23.5 Å². The lowest BCUT2D eigenvalue weighted by atomic mass is 9.69. The average molecular weight is 391 g/mol. The van der Waals surface area contributed by atoms with E-state index in [-0.39, 0.29) is 22.0 Å². The molecule has 0 aromatic carbocycles. The summed E-state index contributed by atoms with van der Waals surface area (Å²) >= 11 is 2.96. The second-order valence-corrected chi connectivity index (χ2v) is 11.6. The van der Waals surface area contributed by atoms with Gasteiger partial charge in [0.1, 0.15) is 10.4 Å². The van der Waals surface area contributed by atoms with Gasteiger partial charge in [-0.15, -0.1) is 23.5 Å². The van der Waals surface area contributed by atoms with E-state index in [0.29, 0.717) is 18.9 Å². The number of rotatable bonds is 2. The molecular formula is C16H26N2O3S3. The van der Waals surface area contributed by atoms with Gasteiger partial charge in [-0.25, -0.2) is 12.7 Å². The van der Waals surface area contributed by atoms with E-state index in [9.17, 15) is 13.2 Å². The first-order chi connectivity index (χ1) is 11.1. The molecule has 8 heteroatoms. The number of carbonyl (C=O) groups excluding carboxylic acids is 1. The van der Waals surface area contributed by atoms with Gasteiger partial charge in [-0.3, -0.25) is 9.79 Å². The monoisotopic (exact) mass is 390 g/mol. The topological polar surface area (TPSA) is 66.8 Å². The summed E-state index contributed by atoms with van der Waals surface area (Å²) in [6.07, 6.45) is 6.51. The van der Waals surface area contributed by atoms with Crippen LogP contribution in [-0.4, -0.2) is 53.4 Å². The molecule has 4 atom stereocenters. The smallest absolute Gasteiger partial charge is 0.260 e. The molecule has 2 bridgehead atoms. The van der Waals surface area contributed by atoms with E-state index >= 15 is 0 Å². The van der Waals surface area contributed by atoms with Crippen molar-refractivity contribution in [3.05, 3.63) is 0 Å². The van der Waals surface area contributed by atoms with Crippen LogP contribution < -0.4 is 0 Å². The standard InChI is InChI=1S/C16H26N2O3S3/c1-10(17-14(22-4)23-5)13(19)18-9-16-7-6-11(15(16,2)3)8-12(16)24(18,20)21/h10-12H,6-9H2,1-5H3/t10-,11?,12-,16?/m0/s1. The number of fused-ring (bicyclic) bond motifs is 1. The highest BCUT2D eigenvalue weighted by molar-refractivity contribution is 8.38. The van der Waals surface area contributed by atoms with Crippen LogP contribution in [0.4, 0.5) is 0 Å². The predicted octanol–water partition coefficient (Wildman–Crippen LogP) is 2.82. The van der Waals surface area contributed by atoms with Crippen molar-refractivity contribution >= 4 is 43.8 Å². The Morgan fingerprint density at radius 1 is 1.29 bits per heavy atom. The molecule has 5 nitrogen and oxygen atoms in total. The van der Waals surface area contributed by atoms with Gasteiger partial charge in [0.05, 0.1) is 5.25 Å². The van der Waals surface area contributed by atoms with Crippen molar-refractivity contribution in [2.24, 2.45) is 21.7 Å².